The molecule has 0 amide bonds. The van der Waals surface area contributed by atoms with Crippen LogP contribution in [0, 0.1) is 30.6 Å². The minimum atomic E-state index is 0.414. The van der Waals surface area contributed by atoms with E-state index < -0.39 is 0 Å². The van der Waals surface area contributed by atoms with Gasteiger partial charge in [-0.05, 0) is 42.7 Å². The number of aryl methyl sites for hydroxylation is 2. The average Bonchev–Trinajstić information content (AvgIpc) is 2.65. The summed E-state index contributed by atoms with van der Waals surface area (Å²) < 4.78 is 0. The number of hydrogen-bond acceptors (Lipinski definition) is 1. The lowest BCUT2D eigenvalue weighted by Crippen LogP contribution is -2.25. The smallest absolute Gasteiger partial charge is 0.0359 e. The van der Waals surface area contributed by atoms with Gasteiger partial charge in [-0.1, -0.05) is 63.9 Å². The molecule has 1 unspecified atom stereocenters. The van der Waals surface area contributed by atoms with Gasteiger partial charge < -0.3 is 5.32 Å². The van der Waals surface area contributed by atoms with Crippen molar-refractivity contribution in [1.82, 2.24) is 5.32 Å². The number of nitrogens with one attached hydrogen (secondary N) is 1. The maximum atomic E-state index is 3.73. The Morgan fingerprint density at radius 1 is 1.00 bits per heavy atom. The van der Waals surface area contributed by atoms with E-state index in [0.29, 0.717) is 22.8 Å². The number of hydrogen-bond donors (Lipinski definition) is 1. The van der Waals surface area contributed by atoms with Crippen molar-refractivity contribution in [1.29, 1.82) is 0 Å². The normalized spacial score (nSPS) is 22.3. The van der Waals surface area contributed by atoms with Crippen LogP contribution in [0.2, 0.25) is 0 Å². The zero-order chi connectivity index (χ0) is 14.4. The molecule has 1 atom stereocenters. The highest BCUT2D eigenvalue weighted by atomic mass is 15.0. The van der Waals surface area contributed by atoms with Gasteiger partial charge in [0.15, 0.2) is 0 Å². The summed E-state index contributed by atoms with van der Waals surface area (Å²) in [5, 5.41) is 3.73. The third-order valence-corrected chi connectivity index (χ3v) is 5.49. The fraction of sp³-hybridized carbons (Fsp3) is 0.667. The van der Waals surface area contributed by atoms with Gasteiger partial charge in [-0.3, -0.25) is 0 Å². The Labute approximate surface area is 118 Å². The third kappa shape index (κ3) is 2.33. The maximum absolute atomic E-state index is 3.73. The van der Waals surface area contributed by atoms with E-state index in [9.17, 15) is 0 Å². The molecular formula is C18H29N. The molecule has 1 nitrogen and oxygen atoms in total. The summed E-state index contributed by atoms with van der Waals surface area (Å²) in [6.45, 7) is 17.3. The predicted molar refractivity (Wildman–Crippen MR) is 83.4 cm³/mol. The average molecular weight is 259 g/mol. The molecule has 2 rings (SSSR count). The Morgan fingerprint density at radius 3 is 1.84 bits per heavy atom. The van der Waals surface area contributed by atoms with Gasteiger partial charge in [-0.25, -0.2) is 0 Å². The molecule has 1 saturated carbocycles. The van der Waals surface area contributed by atoms with Crippen molar-refractivity contribution in [2.45, 2.75) is 54.5 Å². The highest BCUT2D eigenvalue weighted by Crippen LogP contribution is 2.72. The molecule has 0 aliphatic heterocycles. The minimum Gasteiger partial charge on any atom is -0.310 e. The van der Waals surface area contributed by atoms with E-state index in [1.807, 2.05) is 0 Å². The molecule has 0 radical (unpaired) electrons. The van der Waals surface area contributed by atoms with Crippen molar-refractivity contribution in [3.8, 4) is 0 Å². The van der Waals surface area contributed by atoms with Crippen molar-refractivity contribution in [3.05, 3.63) is 34.9 Å². The van der Waals surface area contributed by atoms with Gasteiger partial charge in [0.2, 0.25) is 0 Å². The molecule has 0 heterocycles. The molecule has 1 aromatic rings. The lowest BCUT2D eigenvalue weighted by atomic mass is 9.94. The highest BCUT2D eigenvalue weighted by molar-refractivity contribution is 5.34. The van der Waals surface area contributed by atoms with E-state index in [-0.39, 0.29) is 0 Å². The minimum absolute atomic E-state index is 0.414. The quantitative estimate of drug-likeness (QED) is 0.831. The van der Waals surface area contributed by atoms with E-state index >= 15 is 0 Å². The van der Waals surface area contributed by atoms with Crippen LogP contribution < -0.4 is 5.32 Å². The second-order valence-electron chi connectivity index (χ2n) is 7.38. The van der Waals surface area contributed by atoms with Crippen molar-refractivity contribution < 1.29 is 0 Å². The molecule has 0 spiro atoms. The number of benzene rings is 1. The first-order valence-electron chi connectivity index (χ1n) is 7.53. The van der Waals surface area contributed by atoms with Crippen LogP contribution >= 0.6 is 0 Å². The maximum Gasteiger partial charge on any atom is 0.0359 e. The number of rotatable bonds is 4. The molecule has 0 aromatic heterocycles. The van der Waals surface area contributed by atoms with Crippen LogP contribution in [-0.4, -0.2) is 6.54 Å². The fourth-order valence-corrected chi connectivity index (χ4v) is 3.92. The first-order chi connectivity index (χ1) is 8.71. The SMILES string of the molecule is CCNC(c1cc(C)cc(C)c1)C1C(C)(C)C1(C)C. The Morgan fingerprint density at radius 2 is 1.47 bits per heavy atom. The van der Waals surface area contributed by atoms with Crippen LogP contribution in [0.5, 0.6) is 0 Å². The molecular weight excluding hydrogens is 230 g/mol. The molecule has 1 aliphatic carbocycles. The fourth-order valence-electron chi connectivity index (χ4n) is 3.92. The summed E-state index contributed by atoms with van der Waals surface area (Å²) in [4.78, 5) is 0. The van der Waals surface area contributed by atoms with E-state index in [1.54, 1.807) is 0 Å². The molecule has 1 aromatic carbocycles. The highest BCUT2D eigenvalue weighted by Gasteiger charge is 2.67. The van der Waals surface area contributed by atoms with Crippen LogP contribution in [0.3, 0.4) is 0 Å². The summed E-state index contributed by atoms with van der Waals surface area (Å²) in [7, 11) is 0. The second kappa shape index (κ2) is 4.63. The van der Waals surface area contributed by atoms with Gasteiger partial charge in [0.25, 0.3) is 0 Å². The zero-order valence-corrected chi connectivity index (χ0v) is 13.6. The summed E-state index contributed by atoms with van der Waals surface area (Å²) in [5.41, 5.74) is 5.03. The van der Waals surface area contributed by atoms with Gasteiger partial charge in [0, 0.05) is 6.04 Å². The molecule has 1 aliphatic rings. The van der Waals surface area contributed by atoms with Crippen molar-refractivity contribution in [3.63, 3.8) is 0 Å². The molecule has 1 heteroatoms. The lowest BCUT2D eigenvalue weighted by Gasteiger charge is -2.22. The van der Waals surface area contributed by atoms with Crippen LogP contribution in [0.25, 0.3) is 0 Å². The van der Waals surface area contributed by atoms with Crippen molar-refractivity contribution in [2.24, 2.45) is 16.7 Å². The molecule has 1 N–H and O–H groups in total. The predicted octanol–water partition coefficient (Wildman–Crippen LogP) is 4.64. The lowest BCUT2D eigenvalue weighted by molar-refractivity contribution is 0.418. The van der Waals surface area contributed by atoms with Gasteiger partial charge in [-0.15, -0.1) is 0 Å². The topological polar surface area (TPSA) is 12.0 Å². The largest absolute Gasteiger partial charge is 0.310 e. The zero-order valence-electron chi connectivity index (χ0n) is 13.6. The first-order valence-corrected chi connectivity index (χ1v) is 7.53. The first kappa shape index (κ1) is 14.6. The summed E-state index contributed by atoms with van der Waals surface area (Å²) in [6.07, 6.45) is 0. The van der Waals surface area contributed by atoms with Crippen LogP contribution in [0.4, 0.5) is 0 Å². The van der Waals surface area contributed by atoms with Crippen LogP contribution in [0.1, 0.15) is 57.4 Å². The van der Waals surface area contributed by atoms with E-state index in [1.165, 1.54) is 16.7 Å². The van der Waals surface area contributed by atoms with Gasteiger partial charge in [-0.2, -0.15) is 0 Å². The van der Waals surface area contributed by atoms with E-state index in [4.69, 9.17) is 0 Å². The Balaban J connectivity index is 2.37. The third-order valence-electron chi connectivity index (χ3n) is 5.49. The monoisotopic (exact) mass is 259 g/mol. The summed E-state index contributed by atoms with van der Waals surface area (Å²) in [5.74, 6) is 0.709. The van der Waals surface area contributed by atoms with E-state index in [2.05, 4.69) is 72.0 Å². The molecule has 106 valence electrons. The Bertz CT molecular complexity index is 436. The van der Waals surface area contributed by atoms with Crippen LogP contribution in [-0.2, 0) is 0 Å². The van der Waals surface area contributed by atoms with Crippen molar-refractivity contribution in [2.75, 3.05) is 6.54 Å². The molecule has 1 fully saturated rings. The summed E-state index contributed by atoms with van der Waals surface area (Å²) >= 11 is 0. The van der Waals surface area contributed by atoms with E-state index in [0.717, 1.165) is 6.54 Å². The standard InChI is InChI=1S/C18H29N/c1-8-19-15(16-17(4,5)18(16,6)7)14-10-12(2)9-13(3)11-14/h9-11,15-16,19H,8H2,1-7H3. The van der Waals surface area contributed by atoms with Gasteiger partial charge >= 0.3 is 0 Å². The summed E-state index contributed by atoms with van der Waals surface area (Å²) in [6, 6.07) is 7.44. The Hall–Kier alpha value is -0.820. The Kier molecular flexibility index (Phi) is 3.55. The molecule has 0 saturated heterocycles. The van der Waals surface area contributed by atoms with Gasteiger partial charge in [0.1, 0.15) is 0 Å². The molecule has 19 heavy (non-hydrogen) atoms. The van der Waals surface area contributed by atoms with Gasteiger partial charge in [0.05, 0.1) is 0 Å². The van der Waals surface area contributed by atoms with Crippen LogP contribution in [0.15, 0.2) is 18.2 Å². The second-order valence-corrected chi connectivity index (χ2v) is 7.38. The van der Waals surface area contributed by atoms with Crippen molar-refractivity contribution >= 4 is 0 Å². The molecule has 0 bridgehead atoms.